The molecule has 1 aliphatic carbocycles. The van der Waals surface area contributed by atoms with Gasteiger partial charge in [-0.2, -0.15) is 9.61 Å². The van der Waals surface area contributed by atoms with E-state index in [1.807, 2.05) is 0 Å². The zero-order valence-corrected chi connectivity index (χ0v) is 11.8. The van der Waals surface area contributed by atoms with E-state index < -0.39 is 0 Å². The lowest BCUT2D eigenvalue weighted by Gasteiger charge is -2.28. The summed E-state index contributed by atoms with van der Waals surface area (Å²) in [7, 11) is 0. The molecule has 0 radical (unpaired) electrons. The standard InChI is InChI=1S/C14H21N5O/c1-2-11-7-13(14-17-15-9-19(14)18-11)16-12-5-3-10(8-20)4-6-12/h7,9-10,12,16,20H,2-6,8H2,1H3. The number of nitrogens with one attached hydrogen (secondary N) is 1. The minimum absolute atomic E-state index is 0.316. The van der Waals surface area contributed by atoms with Crippen molar-refractivity contribution >= 4 is 11.3 Å². The maximum absolute atomic E-state index is 9.20. The minimum atomic E-state index is 0.316. The number of aryl methyl sites for hydroxylation is 1. The minimum Gasteiger partial charge on any atom is -0.396 e. The molecule has 0 saturated heterocycles. The summed E-state index contributed by atoms with van der Waals surface area (Å²) in [5.74, 6) is 0.477. The van der Waals surface area contributed by atoms with Gasteiger partial charge in [-0.3, -0.25) is 0 Å². The van der Waals surface area contributed by atoms with Gasteiger partial charge in [-0.05, 0) is 44.1 Å². The second-order valence-corrected chi connectivity index (χ2v) is 5.55. The van der Waals surface area contributed by atoms with E-state index in [1.165, 1.54) is 0 Å². The number of nitrogens with zero attached hydrogens (tertiary/aromatic N) is 4. The number of anilines is 1. The highest BCUT2D eigenvalue weighted by atomic mass is 16.3. The molecule has 0 atom stereocenters. The first kappa shape index (κ1) is 13.3. The maximum atomic E-state index is 9.20. The fraction of sp³-hybridized carbons (Fsp3) is 0.643. The molecule has 0 amide bonds. The van der Waals surface area contributed by atoms with E-state index in [2.05, 4.69) is 33.6 Å². The Balaban J connectivity index is 1.78. The Bertz CT molecular complexity index is 574. The molecule has 0 aliphatic heterocycles. The highest BCUT2D eigenvalue weighted by Gasteiger charge is 2.21. The zero-order valence-electron chi connectivity index (χ0n) is 11.8. The van der Waals surface area contributed by atoms with Crippen molar-refractivity contribution in [2.45, 2.75) is 45.1 Å². The fourth-order valence-electron chi connectivity index (χ4n) is 2.87. The Kier molecular flexibility index (Phi) is 3.82. The van der Waals surface area contributed by atoms with Crippen LogP contribution in [0, 0.1) is 5.92 Å². The predicted molar refractivity (Wildman–Crippen MR) is 76.6 cm³/mol. The van der Waals surface area contributed by atoms with Gasteiger partial charge in [-0.1, -0.05) is 6.92 Å². The number of aliphatic hydroxyl groups is 1. The number of aliphatic hydroxyl groups excluding tert-OH is 1. The summed E-state index contributed by atoms with van der Waals surface area (Å²) in [5.41, 5.74) is 2.83. The first-order valence-electron chi connectivity index (χ1n) is 7.37. The second kappa shape index (κ2) is 5.75. The smallest absolute Gasteiger partial charge is 0.200 e. The maximum Gasteiger partial charge on any atom is 0.200 e. The van der Waals surface area contributed by atoms with Crippen molar-refractivity contribution < 1.29 is 5.11 Å². The summed E-state index contributed by atoms with van der Waals surface area (Å²) >= 11 is 0. The first-order chi connectivity index (χ1) is 9.80. The molecular weight excluding hydrogens is 254 g/mol. The van der Waals surface area contributed by atoms with E-state index in [4.69, 9.17) is 0 Å². The number of fused-ring (bicyclic) bond motifs is 1. The molecule has 1 saturated carbocycles. The van der Waals surface area contributed by atoms with Gasteiger partial charge in [0.15, 0.2) is 0 Å². The summed E-state index contributed by atoms with van der Waals surface area (Å²) < 4.78 is 1.74. The van der Waals surface area contributed by atoms with Crippen molar-refractivity contribution in [3.05, 3.63) is 18.1 Å². The van der Waals surface area contributed by atoms with Crippen LogP contribution in [0.15, 0.2) is 12.4 Å². The lowest BCUT2D eigenvalue weighted by molar-refractivity contribution is 0.186. The lowest BCUT2D eigenvalue weighted by atomic mass is 9.86. The van der Waals surface area contributed by atoms with Crippen molar-refractivity contribution in [3.63, 3.8) is 0 Å². The predicted octanol–water partition coefficient (Wildman–Crippen LogP) is 1.65. The Morgan fingerprint density at radius 2 is 2.15 bits per heavy atom. The van der Waals surface area contributed by atoms with Crippen LogP contribution in [0.1, 0.15) is 38.3 Å². The number of rotatable bonds is 4. The van der Waals surface area contributed by atoms with Gasteiger partial charge in [0.05, 0.1) is 11.4 Å². The summed E-state index contributed by atoms with van der Waals surface area (Å²) in [6.07, 6.45) is 6.89. The average Bonchev–Trinajstić information content (AvgIpc) is 2.96. The molecule has 3 rings (SSSR count). The van der Waals surface area contributed by atoms with Crippen molar-refractivity contribution in [2.24, 2.45) is 5.92 Å². The molecule has 6 heteroatoms. The summed E-state index contributed by atoms with van der Waals surface area (Å²) in [6.45, 7) is 2.41. The lowest BCUT2D eigenvalue weighted by Crippen LogP contribution is -2.27. The quantitative estimate of drug-likeness (QED) is 0.887. The Morgan fingerprint density at radius 1 is 1.35 bits per heavy atom. The molecular formula is C14H21N5O. The van der Waals surface area contributed by atoms with Gasteiger partial charge >= 0.3 is 0 Å². The summed E-state index contributed by atoms with van der Waals surface area (Å²) in [4.78, 5) is 0. The van der Waals surface area contributed by atoms with Gasteiger partial charge in [0, 0.05) is 12.6 Å². The molecule has 2 N–H and O–H groups in total. The molecule has 0 unspecified atom stereocenters. The van der Waals surface area contributed by atoms with Gasteiger partial charge < -0.3 is 10.4 Å². The van der Waals surface area contributed by atoms with Gasteiger partial charge in [0.25, 0.3) is 0 Å². The van der Waals surface area contributed by atoms with Crippen LogP contribution in [-0.4, -0.2) is 37.6 Å². The SMILES string of the molecule is CCc1cc(NC2CCC(CO)CC2)c2nncn2n1. The van der Waals surface area contributed by atoms with Gasteiger partial charge in [-0.15, -0.1) is 10.2 Å². The molecule has 6 nitrogen and oxygen atoms in total. The van der Waals surface area contributed by atoms with Gasteiger partial charge in [-0.25, -0.2) is 0 Å². The van der Waals surface area contributed by atoms with Crippen molar-refractivity contribution in [1.82, 2.24) is 19.8 Å². The molecule has 0 spiro atoms. The Morgan fingerprint density at radius 3 is 2.85 bits per heavy atom. The number of hydrogen-bond acceptors (Lipinski definition) is 5. The largest absolute Gasteiger partial charge is 0.396 e. The first-order valence-corrected chi connectivity index (χ1v) is 7.37. The second-order valence-electron chi connectivity index (χ2n) is 5.55. The Labute approximate surface area is 118 Å². The third-order valence-corrected chi connectivity index (χ3v) is 4.15. The third kappa shape index (κ3) is 2.60. The van der Waals surface area contributed by atoms with E-state index in [9.17, 15) is 5.11 Å². The average molecular weight is 275 g/mol. The Hall–Kier alpha value is -1.69. The highest BCUT2D eigenvalue weighted by Crippen LogP contribution is 2.27. The van der Waals surface area contributed by atoms with Crippen molar-refractivity contribution in [2.75, 3.05) is 11.9 Å². The van der Waals surface area contributed by atoms with Crippen LogP contribution in [-0.2, 0) is 6.42 Å². The summed E-state index contributed by atoms with van der Waals surface area (Å²) in [5, 5.41) is 25.3. The molecule has 2 aromatic rings. The number of aromatic nitrogens is 4. The normalized spacial score (nSPS) is 23.1. The van der Waals surface area contributed by atoms with E-state index in [0.29, 0.717) is 18.6 Å². The molecule has 2 aromatic heterocycles. The van der Waals surface area contributed by atoms with Crippen LogP contribution >= 0.6 is 0 Å². The van der Waals surface area contributed by atoms with Crippen LogP contribution in [0.25, 0.3) is 5.65 Å². The molecule has 1 aliphatic rings. The molecule has 0 aromatic carbocycles. The summed E-state index contributed by atoms with van der Waals surface area (Å²) in [6, 6.07) is 2.52. The topological polar surface area (TPSA) is 75.3 Å². The van der Waals surface area contributed by atoms with Crippen LogP contribution in [0.2, 0.25) is 0 Å². The third-order valence-electron chi connectivity index (χ3n) is 4.15. The van der Waals surface area contributed by atoms with Crippen molar-refractivity contribution in [3.8, 4) is 0 Å². The molecule has 1 fully saturated rings. The molecule has 108 valence electrons. The van der Waals surface area contributed by atoms with E-state index in [1.54, 1.807) is 10.8 Å². The van der Waals surface area contributed by atoms with Crippen LogP contribution in [0.3, 0.4) is 0 Å². The molecule has 20 heavy (non-hydrogen) atoms. The van der Waals surface area contributed by atoms with E-state index in [-0.39, 0.29) is 0 Å². The molecule has 2 heterocycles. The van der Waals surface area contributed by atoms with Gasteiger partial charge in [0.1, 0.15) is 6.33 Å². The van der Waals surface area contributed by atoms with Crippen LogP contribution < -0.4 is 5.32 Å². The van der Waals surface area contributed by atoms with Crippen molar-refractivity contribution in [1.29, 1.82) is 0 Å². The highest BCUT2D eigenvalue weighted by molar-refractivity contribution is 5.67. The fourth-order valence-corrected chi connectivity index (χ4v) is 2.87. The van der Waals surface area contributed by atoms with Crippen LogP contribution in [0.4, 0.5) is 5.69 Å². The zero-order chi connectivity index (χ0) is 13.9. The van der Waals surface area contributed by atoms with E-state index in [0.717, 1.165) is 49.1 Å². The molecule has 0 bridgehead atoms. The van der Waals surface area contributed by atoms with Gasteiger partial charge in [0.2, 0.25) is 5.65 Å². The van der Waals surface area contributed by atoms with Crippen LogP contribution in [0.5, 0.6) is 0 Å². The van der Waals surface area contributed by atoms with E-state index >= 15 is 0 Å². The number of hydrogen-bond donors (Lipinski definition) is 2. The monoisotopic (exact) mass is 275 g/mol.